The summed E-state index contributed by atoms with van der Waals surface area (Å²) in [6, 6.07) is 12.5. The summed E-state index contributed by atoms with van der Waals surface area (Å²) in [7, 11) is 3.41. The fourth-order valence-electron chi connectivity index (χ4n) is 8.79. The van der Waals surface area contributed by atoms with Crippen molar-refractivity contribution in [2.45, 2.75) is 38.1 Å². The van der Waals surface area contributed by atoms with E-state index in [-0.39, 0.29) is 23.2 Å². The Balaban J connectivity index is 1.03. The number of aryl methyl sites for hydroxylation is 1. The number of nitrogens with zero attached hydrogens (tertiary/aromatic N) is 10. The number of hydrogen-bond acceptors (Lipinski definition) is 11. The highest BCUT2D eigenvalue weighted by molar-refractivity contribution is 5.94. The fraction of sp³-hybridized carbons (Fsp3) is 0.385. The van der Waals surface area contributed by atoms with Crippen molar-refractivity contribution in [1.29, 1.82) is 0 Å². The van der Waals surface area contributed by atoms with Gasteiger partial charge in [0.25, 0.3) is 0 Å². The van der Waals surface area contributed by atoms with Gasteiger partial charge < -0.3 is 34.1 Å². The molecule has 3 fully saturated rings. The Hall–Kier alpha value is -5.74. The van der Waals surface area contributed by atoms with E-state index in [9.17, 15) is 9.18 Å². The molecule has 1 amide bonds. The molecule has 4 bridgehead atoms. The molecule has 8 heterocycles. The van der Waals surface area contributed by atoms with Gasteiger partial charge >= 0.3 is 0 Å². The Kier molecular flexibility index (Phi) is 7.78. The van der Waals surface area contributed by atoms with Gasteiger partial charge in [0.05, 0.1) is 71.0 Å². The lowest BCUT2D eigenvalue weighted by atomic mass is 9.77. The molecule has 3 atom stereocenters. The van der Waals surface area contributed by atoms with Gasteiger partial charge in [0.15, 0.2) is 5.65 Å². The van der Waals surface area contributed by atoms with Crippen molar-refractivity contribution >= 4 is 45.3 Å². The van der Waals surface area contributed by atoms with Crippen molar-refractivity contribution in [2.75, 3.05) is 68.7 Å². The van der Waals surface area contributed by atoms with Gasteiger partial charge in [-0.05, 0) is 49.7 Å². The number of halogens is 2. The highest BCUT2D eigenvalue weighted by Gasteiger charge is 2.49. The lowest BCUT2D eigenvalue weighted by Gasteiger charge is -2.56. The zero-order valence-corrected chi connectivity index (χ0v) is 30.6. The van der Waals surface area contributed by atoms with E-state index in [1.54, 1.807) is 42.1 Å². The van der Waals surface area contributed by atoms with E-state index < -0.39 is 18.0 Å². The van der Waals surface area contributed by atoms with Crippen LogP contribution < -0.4 is 15.1 Å². The second kappa shape index (κ2) is 12.7. The molecule has 10 rings (SSSR count). The highest BCUT2D eigenvalue weighted by atomic mass is 19.1. The van der Waals surface area contributed by atoms with Gasteiger partial charge in [0.1, 0.15) is 41.5 Å². The zero-order valence-electron chi connectivity index (χ0n) is 30.6. The number of carbonyl (C=O) groups excluding carboxylic acids is 1. The number of benzene rings is 2. The second-order valence-electron chi connectivity index (χ2n) is 15.3. The first-order valence-corrected chi connectivity index (χ1v) is 18.4. The third-order valence-electron chi connectivity index (χ3n) is 11.5. The fourth-order valence-corrected chi connectivity index (χ4v) is 8.79. The smallest absolute Gasteiger partial charge is 0.245 e. The van der Waals surface area contributed by atoms with Gasteiger partial charge in [-0.1, -0.05) is 6.07 Å². The highest BCUT2D eigenvalue weighted by Crippen LogP contribution is 2.43. The molecular weight excluding hydrogens is 708 g/mol. The maximum atomic E-state index is 15.0. The average Bonchev–Trinajstić information content (AvgIpc) is 3.84. The lowest BCUT2D eigenvalue weighted by molar-refractivity contribution is -0.132. The summed E-state index contributed by atoms with van der Waals surface area (Å²) in [6.07, 6.45) is 3.26. The van der Waals surface area contributed by atoms with Gasteiger partial charge in [-0.3, -0.25) is 4.79 Å². The number of rotatable bonds is 4. The molecule has 2 aromatic carbocycles. The Morgan fingerprint density at radius 2 is 1.84 bits per heavy atom. The van der Waals surface area contributed by atoms with E-state index in [1.807, 2.05) is 34.6 Å². The van der Waals surface area contributed by atoms with E-state index in [4.69, 9.17) is 24.5 Å². The van der Waals surface area contributed by atoms with Crippen LogP contribution in [0, 0.1) is 24.0 Å². The van der Waals surface area contributed by atoms with Crippen molar-refractivity contribution in [1.82, 2.24) is 39.2 Å². The summed E-state index contributed by atoms with van der Waals surface area (Å²) < 4.78 is 44.9. The molecule has 0 aliphatic carbocycles. The molecule has 1 spiro atoms. The van der Waals surface area contributed by atoms with Crippen LogP contribution in [0.5, 0.6) is 0 Å². The number of nitrogens with one attached hydrogen (secondary N) is 1. The Morgan fingerprint density at radius 1 is 0.982 bits per heavy atom. The van der Waals surface area contributed by atoms with Crippen molar-refractivity contribution in [2.24, 2.45) is 5.41 Å². The van der Waals surface area contributed by atoms with Gasteiger partial charge in [0, 0.05) is 58.0 Å². The number of likely N-dealkylation sites (N-methyl/N-ethyl adjacent to an activating group) is 1. The molecule has 0 unspecified atom stereocenters. The average molecular weight is 748 g/mol. The van der Waals surface area contributed by atoms with Crippen molar-refractivity contribution in [3.63, 3.8) is 0 Å². The van der Waals surface area contributed by atoms with Gasteiger partial charge in [0.2, 0.25) is 5.91 Å². The standard InChI is InChI=1S/C39H39F2N11O3/c1-22-45-30-10-24(41)9-27-29-5-4-6-34(47-29)46-25-12-33(38(53)48(2)15-26(54-3)16-50(22)35(27)30)51(14-25)36-28-13-44-52(37(28)43-21-42-36)31-8-7-23(40)11-32(31)49-17-39(18-49)19-55-20-39/h4-11,13,21,25-26,33H,12,14-20H2,1-3H3,(H,46,47)/t25-,26-,33-/m0/s1. The number of hydrogen-bond donors (Lipinski definition) is 1. The minimum Gasteiger partial charge on any atom is -0.380 e. The third kappa shape index (κ3) is 5.56. The van der Waals surface area contributed by atoms with Crippen molar-refractivity contribution in [3.8, 4) is 16.9 Å². The van der Waals surface area contributed by atoms with Crippen LogP contribution in [0.3, 0.4) is 0 Å². The van der Waals surface area contributed by atoms with Crippen LogP contribution in [0.4, 0.5) is 26.1 Å². The number of anilines is 3. The molecule has 0 radical (unpaired) electrons. The molecule has 4 aliphatic rings. The summed E-state index contributed by atoms with van der Waals surface area (Å²) >= 11 is 0. The molecule has 4 aromatic heterocycles. The van der Waals surface area contributed by atoms with Crippen LogP contribution in [0.15, 0.2) is 61.1 Å². The molecule has 4 aliphatic heterocycles. The van der Waals surface area contributed by atoms with Crippen molar-refractivity contribution < 1.29 is 23.0 Å². The summed E-state index contributed by atoms with van der Waals surface area (Å²) in [5, 5.41) is 8.99. The number of carbonyl (C=O) groups is 1. The summed E-state index contributed by atoms with van der Waals surface area (Å²) in [5.41, 5.74) is 4.60. The number of methoxy groups -OCH3 is 1. The maximum absolute atomic E-state index is 15.0. The molecule has 1 N–H and O–H groups in total. The molecular formula is C39H39F2N11O3. The number of amides is 1. The van der Waals surface area contributed by atoms with Crippen LogP contribution >= 0.6 is 0 Å². The second-order valence-corrected chi connectivity index (χ2v) is 15.3. The predicted molar refractivity (Wildman–Crippen MR) is 201 cm³/mol. The first kappa shape index (κ1) is 33.8. The third-order valence-corrected chi connectivity index (χ3v) is 11.5. The number of pyridine rings is 1. The molecule has 6 aromatic rings. The van der Waals surface area contributed by atoms with Crippen LogP contribution in [0.2, 0.25) is 0 Å². The number of aromatic nitrogens is 7. The zero-order chi connectivity index (χ0) is 37.6. The van der Waals surface area contributed by atoms with Crippen LogP contribution in [-0.2, 0) is 20.8 Å². The normalized spacial score (nSPS) is 22.1. The molecule has 55 heavy (non-hydrogen) atoms. The Bertz CT molecular complexity index is 2490. The Morgan fingerprint density at radius 3 is 2.64 bits per heavy atom. The lowest BCUT2D eigenvalue weighted by Crippen LogP contribution is -2.66. The Labute approximate surface area is 314 Å². The predicted octanol–water partition coefficient (Wildman–Crippen LogP) is 4.20. The maximum Gasteiger partial charge on any atom is 0.245 e. The number of ether oxygens (including phenoxy) is 2. The van der Waals surface area contributed by atoms with Gasteiger partial charge in [-0.15, -0.1) is 0 Å². The molecule has 0 saturated carbocycles. The van der Waals surface area contributed by atoms with E-state index in [1.165, 1.54) is 24.5 Å². The summed E-state index contributed by atoms with van der Waals surface area (Å²) in [6.45, 7) is 5.97. The topological polar surface area (TPSA) is 132 Å². The van der Waals surface area contributed by atoms with E-state index in [0.717, 1.165) is 24.3 Å². The SMILES string of the molecule is CO[C@H]1CN(C)C(=O)[C@@H]2C[C@@H](CN2c2ncnc3c2cnn3-c2ccc(F)cc2N2CC3(COC3)C2)Nc2cccc(n2)-c2cc(F)cc3nc(C)n(c23)C1. The molecule has 282 valence electrons. The van der Waals surface area contributed by atoms with E-state index in [0.29, 0.717) is 90.2 Å². The van der Waals surface area contributed by atoms with E-state index >= 15 is 4.39 Å². The van der Waals surface area contributed by atoms with E-state index in [2.05, 4.69) is 20.2 Å². The summed E-state index contributed by atoms with van der Waals surface area (Å²) in [4.78, 5) is 39.5. The number of fused-ring (bicyclic) bond motifs is 6. The van der Waals surface area contributed by atoms with Crippen LogP contribution in [0.1, 0.15) is 12.2 Å². The minimum absolute atomic E-state index is 0.0930. The summed E-state index contributed by atoms with van der Waals surface area (Å²) in [5.74, 6) is 1.04. The number of imidazole rings is 1. The largest absolute Gasteiger partial charge is 0.380 e. The van der Waals surface area contributed by atoms with Gasteiger partial charge in [-0.25, -0.2) is 33.4 Å². The van der Waals surface area contributed by atoms with Gasteiger partial charge in [-0.2, -0.15) is 5.10 Å². The van der Waals surface area contributed by atoms with Crippen LogP contribution in [-0.4, -0.2) is 117 Å². The molecule has 14 nitrogen and oxygen atoms in total. The van der Waals surface area contributed by atoms with Crippen molar-refractivity contribution in [3.05, 3.63) is 78.5 Å². The first-order chi connectivity index (χ1) is 26.7. The first-order valence-electron chi connectivity index (χ1n) is 18.4. The molecule has 3 saturated heterocycles. The minimum atomic E-state index is -0.592. The molecule has 16 heteroatoms. The quantitative estimate of drug-likeness (QED) is 0.279. The van der Waals surface area contributed by atoms with Crippen LogP contribution in [0.25, 0.3) is 39.0 Å². The monoisotopic (exact) mass is 747 g/mol.